The Bertz CT molecular complexity index is 77.6. The van der Waals surface area contributed by atoms with Crippen LogP contribution in [0.5, 0.6) is 0 Å². The van der Waals surface area contributed by atoms with Crippen molar-refractivity contribution in [1.82, 2.24) is 0 Å². The summed E-state index contributed by atoms with van der Waals surface area (Å²) in [4.78, 5) is 15.0. The first kappa shape index (κ1) is 16.2. The van der Waals surface area contributed by atoms with Gasteiger partial charge in [0, 0.05) is 0 Å². The molecule has 2 nitrogen and oxygen atoms in total. The van der Waals surface area contributed by atoms with Gasteiger partial charge in [-0.2, -0.15) is 0 Å². The summed E-state index contributed by atoms with van der Waals surface area (Å²) in [5.41, 5.74) is 0. The molecule has 0 rings (SSSR count). The molecule has 4 radical (unpaired) electrons. The molecule has 0 fully saturated rings. The topological polar surface area (TPSA) is 34.1 Å². The minimum absolute atomic E-state index is 1.69. The zero-order valence-electron chi connectivity index (χ0n) is 5.46. The Morgan fingerprint density at radius 3 is 1.60 bits per heavy atom. The molecule has 0 aliphatic heterocycles. The van der Waals surface area contributed by atoms with E-state index in [9.17, 15) is 0 Å². The van der Waals surface area contributed by atoms with Crippen LogP contribution in [0.1, 0.15) is 6.92 Å². The molecule has 0 aromatic heterocycles. The van der Waals surface area contributed by atoms with Gasteiger partial charge in [0.15, 0.2) is 0 Å². The van der Waals surface area contributed by atoms with Gasteiger partial charge in [-0.15, -0.1) is 0 Å². The molecule has 0 aromatic rings. The van der Waals surface area contributed by atoms with E-state index in [0.29, 0.717) is 0 Å². The second kappa shape index (κ2) is 40.4. The summed E-state index contributed by atoms with van der Waals surface area (Å²) in [5.74, 6) is 0. The average Bonchev–Trinajstić information content (AvgIpc) is 2.08. The molecule has 56 valence electrons. The second-order valence-electron chi connectivity index (χ2n) is 0.829. The fraction of sp³-hybridized carbons (Fsp3) is 0.143. The predicted molar refractivity (Wildman–Crippen MR) is 35.3 cm³/mol. The van der Waals surface area contributed by atoms with E-state index in [1.165, 1.54) is 0 Å². The Hall–Kier alpha value is -0.674. The molecule has 0 aliphatic rings. The van der Waals surface area contributed by atoms with Crippen molar-refractivity contribution in [2.45, 2.75) is 6.92 Å². The summed E-state index contributed by atoms with van der Waals surface area (Å²) in [6.45, 7) is 11.0. The molecule has 0 N–H and O–H groups in total. The smallest absolute Gasteiger partial charge is 0.281 e. The van der Waals surface area contributed by atoms with Gasteiger partial charge in [-0.3, -0.25) is 9.59 Å². The third kappa shape index (κ3) is 54.2. The van der Waals surface area contributed by atoms with Crippen LogP contribution in [0.3, 0.4) is 0 Å². The van der Waals surface area contributed by atoms with Gasteiger partial charge >= 0.3 is 45.9 Å². The first-order chi connectivity index (χ1) is 4.91. The molecule has 0 heterocycles. The summed E-state index contributed by atoms with van der Waals surface area (Å²) < 4.78 is 0. The van der Waals surface area contributed by atoms with Gasteiger partial charge in [0.25, 0.3) is 13.6 Å². The van der Waals surface area contributed by atoms with Crippen molar-refractivity contribution in [3.63, 3.8) is 0 Å². The molecular formula is C7H7CoO2. The van der Waals surface area contributed by atoms with Crippen LogP contribution in [-0.2, 0) is 25.3 Å². The van der Waals surface area contributed by atoms with Crippen molar-refractivity contribution < 1.29 is 25.3 Å². The minimum Gasteiger partial charge on any atom is -0.281 e. The monoisotopic (exact) mass is 182 g/mol. The van der Waals surface area contributed by atoms with E-state index in [2.05, 4.69) is 29.3 Å². The second-order valence-corrected chi connectivity index (χ2v) is 1.18. The van der Waals surface area contributed by atoms with E-state index in [1.54, 1.807) is 5.01 Å². The number of hydrogen-bond acceptors (Lipinski definition) is 2. The quantitative estimate of drug-likeness (QED) is 0.563. The van der Waals surface area contributed by atoms with Gasteiger partial charge in [0.05, 0.1) is 0 Å². The van der Waals surface area contributed by atoms with Crippen molar-refractivity contribution in [3.05, 3.63) is 23.2 Å². The maximum Gasteiger partial charge on any atom is 0.281 e. The fourth-order valence-corrected chi connectivity index (χ4v) is 0.264. The summed E-state index contributed by atoms with van der Waals surface area (Å²) in [5, 5.41) is 1.69. The fourth-order valence-electron chi connectivity index (χ4n) is 0.148. The zero-order chi connectivity index (χ0) is 8.83. The standard InChI is InChI=1S/C5H7.2CO.Co/c1-3-5-4-2;2*1-2;/h1,3-5H,2H3;;;. The van der Waals surface area contributed by atoms with E-state index in [-0.39, 0.29) is 0 Å². The van der Waals surface area contributed by atoms with Crippen LogP contribution < -0.4 is 0 Å². The molecule has 0 aliphatic carbocycles. The minimum atomic E-state index is 1.69. The third-order valence-corrected chi connectivity index (χ3v) is 0.568. The van der Waals surface area contributed by atoms with Crippen LogP contribution in [0.4, 0.5) is 0 Å². The van der Waals surface area contributed by atoms with Gasteiger partial charge in [-0.1, -0.05) is 0 Å². The molecule has 0 aromatic carbocycles. The molecule has 0 atom stereocenters. The van der Waals surface area contributed by atoms with E-state index in [4.69, 9.17) is 9.59 Å². The van der Waals surface area contributed by atoms with Crippen LogP contribution in [0.25, 0.3) is 0 Å². The maximum atomic E-state index is 7.50. The molecule has 0 spiro atoms. The third-order valence-electron chi connectivity index (χ3n) is 0.368. The normalized spacial score (nSPS) is 7.90. The Morgan fingerprint density at radius 2 is 1.50 bits per heavy atom. The Kier molecular flexibility index (Phi) is 65.3. The average molecular weight is 182 g/mol. The number of carbonyl (C=O) groups excluding carboxylic acids is 2. The predicted octanol–water partition coefficient (Wildman–Crippen LogP) is 0.829. The van der Waals surface area contributed by atoms with Crippen molar-refractivity contribution >= 4 is 13.6 Å². The van der Waals surface area contributed by atoms with Crippen molar-refractivity contribution in [2.24, 2.45) is 0 Å². The zero-order valence-corrected chi connectivity index (χ0v) is 6.50. The molecule has 0 saturated heterocycles. The summed E-state index contributed by atoms with van der Waals surface area (Å²) in [6, 6.07) is 0. The summed E-state index contributed by atoms with van der Waals surface area (Å²) in [6.07, 6.45) is 5.73. The molecule has 10 heavy (non-hydrogen) atoms. The largest absolute Gasteiger partial charge is 0.281 e. The van der Waals surface area contributed by atoms with Gasteiger partial charge in [-0.25, -0.2) is 0 Å². The Morgan fingerprint density at radius 1 is 1.10 bits per heavy atom. The van der Waals surface area contributed by atoms with Crippen LogP contribution >= 0.6 is 0 Å². The van der Waals surface area contributed by atoms with Crippen molar-refractivity contribution in [1.29, 1.82) is 0 Å². The van der Waals surface area contributed by atoms with Gasteiger partial charge in [0.1, 0.15) is 0 Å². The van der Waals surface area contributed by atoms with Crippen LogP contribution in [-0.4, -0.2) is 13.6 Å². The summed E-state index contributed by atoms with van der Waals surface area (Å²) in [7, 11) is 0. The molecule has 3 heteroatoms. The number of allylic oxidation sites excluding steroid dienone is 3. The van der Waals surface area contributed by atoms with E-state index in [1.807, 2.05) is 25.2 Å². The number of hydrogen-bond donors (Lipinski definition) is 0. The molecule has 0 unspecified atom stereocenters. The van der Waals surface area contributed by atoms with Crippen LogP contribution in [0.15, 0.2) is 23.2 Å². The molecule has 0 amide bonds. The first-order valence-electron chi connectivity index (χ1n) is 2.18. The first-order valence-corrected chi connectivity index (χ1v) is 2.78. The number of rotatable bonds is 1. The van der Waals surface area contributed by atoms with E-state index in [0.717, 1.165) is 0 Å². The molecule has 0 bridgehead atoms. The van der Waals surface area contributed by atoms with Gasteiger partial charge in [-0.05, 0) is 0 Å². The van der Waals surface area contributed by atoms with Crippen LogP contribution in [0.2, 0.25) is 0 Å². The Labute approximate surface area is 69.6 Å². The van der Waals surface area contributed by atoms with Crippen molar-refractivity contribution in [3.8, 4) is 0 Å². The van der Waals surface area contributed by atoms with E-state index >= 15 is 0 Å². The Balaban J connectivity index is -0.000000105. The molecular weight excluding hydrogens is 175 g/mol. The van der Waals surface area contributed by atoms with Gasteiger partial charge < -0.3 is 0 Å². The van der Waals surface area contributed by atoms with E-state index < -0.39 is 0 Å². The molecule has 0 saturated carbocycles. The van der Waals surface area contributed by atoms with Gasteiger partial charge in [0.2, 0.25) is 0 Å². The van der Waals surface area contributed by atoms with Crippen molar-refractivity contribution in [2.75, 3.05) is 0 Å². The SMILES string of the molecule is CC=CC=[CH][Co].[C]=O.[C]=O. The summed E-state index contributed by atoms with van der Waals surface area (Å²) >= 11 is 3.86. The maximum absolute atomic E-state index is 7.50. The van der Waals surface area contributed by atoms with Crippen LogP contribution in [0, 0.1) is 0 Å².